The number of fused-ring (bicyclic) bond motifs is 1. The molecule has 0 saturated carbocycles. The Labute approximate surface area is 143 Å². The molecule has 0 spiro atoms. The van der Waals surface area contributed by atoms with E-state index in [4.69, 9.17) is 5.73 Å². The van der Waals surface area contributed by atoms with Gasteiger partial charge >= 0.3 is 0 Å². The van der Waals surface area contributed by atoms with Crippen LogP contribution in [0.1, 0.15) is 23.9 Å². The zero-order chi connectivity index (χ0) is 17.1. The van der Waals surface area contributed by atoms with E-state index in [1.807, 2.05) is 18.2 Å². The normalized spacial score (nSPS) is 12.6. The van der Waals surface area contributed by atoms with Crippen LogP contribution < -0.4 is 5.73 Å². The lowest BCUT2D eigenvalue weighted by atomic mass is 10.1. The van der Waals surface area contributed by atoms with Crippen LogP contribution in [-0.2, 0) is 29.7 Å². The smallest absolute Gasteiger partial charge is 0.114 e. The van der Waals surface area contributed by atoms with E-state index in [0.717, 1.165) is 41.0 Å². The number of imidazole rings is 1. The molecule has 5 nitrogen and oxygen atoms in total. The van der Waals surface area contributed by atoms with Crippen molar-refractivity contribution in [2.24, 2.45) is 5.73 Å². The molecule has 1 heterocycles. The summed E-state index contributed by atoms with van der Waals surface area (Å²) < 4.78 is 23.9. The van der Waals surface area contributed by atoms with Gasteiger partial charge in [-0.1, -0.05) is 36.2 Å². The number of hydrogen-bond acceptors (Lipinski definition) is 4. The Morgan fingerprint density at radius 2 is 1.88 bits per heavy atom. The third-order valence-corrected chi connectivity index (χ3v) is 4.59. The van der Waals surface area contributed by atoms with E-state index >= 15 is 0 Å². The second kappa shape index (κ2) is 7.25. The van der Waals surface area contributed by atoms with Crippen LogP contribution in [-0.4, -0.2) is 24.9 Å². The maximum Gasteiger partial charge on any atom is 0.114 e. The SMILES string of the molecule is CCc1nc2cc(CS(=O)[O-])ccc2n1-c1ccc(CCN)cc1. The van der Waals surface area contributed by atoms with Gasteiger partial charge in [-0.05, 0) is 48.4 Å². The lowest BCUT2D eigenvalue weighted by Crippen LogP contribution is -2.03. The fourth-order valence-electron chi connectivity index (χ4n) is 2.91. The highest BCUT2D eigenvalue weighted by molar-refractivity contribution is 7.78. The molecule has 24 heavy (non-hydrogen) atoms. The van der Waals surface area contributed by atoms with E-state index in [2.05, 4.69) is 40.7 Å². The minimum atomic E-state index is -2.10. The van der Waals surface area contributed by atoms with Crippen molar-refractivity contribution < 1.29 is 8.76 Å². The molecule has 6 heteroatoms. The molecule has 2 aromatic carbocycles. The Morgan fingerprint density at radius 1 is 1.17 bits per heavy atom. The molecule has 2 N–H and O–H groups in total. The van der Waals surface area contributed by atoms with Gasteiger partial charge in [0.05, 0.1) is 11.0 Å². The standard InChI is InChI=1S/C18H21N3O2S/c1-2-18-20-16-11-14(12-24(22)23)5-8-17(16)21(18)15-6-3-13(4-7-15)9-10-19/h3-8,11H,2,9-10,12,19H2,1H3,(H,22,23)/p-1. The highest BCUT2D eigenvalue weighted by Gasteiger charge is 2.12. The summed E-state index contributed by atoms with van der Waals surface area (Å²) in [6.07, 6.45) is 1.66. The lowest BCUT2D eigenvalue weighted by molar-refractivity contribution is 0.536. The van der Waals surface area contributed by atoms with Gasteiger partial charge < -0.3 is 10.3 Å². The number of aryl methyl sites for hydroxylation is 1. The van der Waals surface area contributed by atoms with Crippen LogP contribution in [0.2, 0.25) is 0 Å². The van der Waals surface area contributed by atoms with Gasteiger partial charge in [0, 0.05) is 17.9 Å². The summed E-state index contributed by atoms with van der Waals surface area (Å²) in [5.41, 5.74) is 10.4. The molecule has 0 aliphatic carbocycles. The number of benzene rings is 2. The molecule has 1 atom stereocenters. The minimum absolute atomic E-state index is 0.0119. The van der Waals surface area contributed by atoms with Gasteiger partial charge in [-0.25, -0.2) is 4.98 Å². The average molecular weight is 342 g/mol. The zero-order valence-corrected chi connectivity index (χ0v) is 14.4. The Balaban J connectivity index is 2.07. The highest BCUT2D eigenvalue weighted by atomic mass is 32.2. The summed E-state index contributed by atoms with van der Waals surface area (Å²) in [5.74, 6) is 0.967. The van der Waals surface area contributed by atoms with Gasteiger partial charge in [-0.2, -0.15) is 0 Å². The minimum Gasteiger partial charge on any atom is -0.772 e. The predicted molar refractivity (Wildman–Crippen MR) is 95.8 cm³/mol. The fraction of sp³-hybridized carbons (Fsp3) is 0.278. The molecule has 0 aliphatic heterocycles. The largest absolute Gasteiger partial charge is 0.772 e. The molecule has 0 amide bonds. The van der Waals surface area contributed by atoms with E-state index in [9.17, 15) is 8.76 Å². The van der Waals surface area contributed by atoms with Gasteiger partial charge in [0.15, 0.2) is 0 Å². The molecular weight excluding hydrogens is 322 g/mol. The topological polar surface area (TPSA) is 84.0 Å². The van der Waals surface area contributed by atoms with Crippen LogP contribution in [0.4, 0.5) is 0 Å². The number of rotatable bonds is 6. The first kappa shape index (κ1) is 16.8. The van der Waals surface area contributed by atoms with Gasteiger partial charge in [0.2, 0.25) is 0 Å². The van der Waals surface area contributed by atoms with Gasteiger partial charge in [-0.3, -0.25) is 8.78 Å². The van der Waals surface area contributed by atoms with E-state index in [-0.39, 0.29) is 5.75 Å². The molecule has 0 aliphatic rings. The van der Waals surface area contributed by atoms with Gasteiger partial charge in [-0.15, -0.1) is 0 Å². The van der Waals surface area contributed by atoms with Crippen molar-refractivity contribution in [3.8, 4) is 5.69 Å². The zero-order valence-electron chi connectivity index (χ0n) is 13.6. The summed E-state index contributed by atoms with van der Waals surface area (Å²) in [7, 11) is 0. The first-order chi connectivity index (χ1) is 11.6. The lowest BCUT2D eigenvalue weighted by Gasteiger charge is -2.10. The van der Waals surface area contributed by atoms with Crippen LogP contribution in [0.15, 0.2) is 42.5 Å². The van der Waals surface area contributed by atoms with Crippen molar-refractivity contribution in [1.82, 2.24) is 9.55 Å². The van der Waals surface area contributed by atoms with E-state index < -0.39 is 11.1 Å². The first-order valence-electron chi connectivity index (χ1n) is 7.98. The highest BCUT2D eigenvalue weighted by Crippen LogP contribution is 2.24. The summed E-state index contributed by atoms with van der Waals surface area (Å²) in [6.45, 7) is 2.70. The number of hydrogen-bond donors (Lipinski definition) is 1. The third-order valence-electron chi connectivity index (χ3n) is 4.02. The molecule has 3 aromatic rings. The van der Waals surface area contributed by atoms with E-state index in [1.54, 1.807) is 0 Å². The quantitative estimate of drug-likeness (QED) is 0.698. The summed E-state index contributed by atoms with van der Waals surface area (Å²) in [4.78, 5) is 4.68. The number of nitrogens with two attached hydrogens (primary N) is 1. The number of aromatic nitrogens is 2. The Kier molecular flexibility index (Phi) is 5.08. The maximum atomic E-state index is 10.9. The fourth-order valence-corrected chi connectivity index (χ4v) is 3.36. The second-order valence-corrected chi connectivity index (χ2v) is 6.59. The molecule has 3 rings (SSSR count). The summed E-state index contributed by atoms with van der Waals surface area (Å²) >= 11 is -2.10. The van der Waals surface area contributed by atoms with Gasteiger partial charge in [0.1, 0.15) is 5.82 Å². The molecule has 0 bridgehead atoms. The van der Waals surface area contributed by atoms with Crippen molar-refractivity contribution in [2.75, 3.05) is 6.54 Å². The predicted octanol–water partition coefficient (Wildman–Crippen LogP) is 2.47. The molecule has 1 aromatic heterocycles. The third kappa shape index (κ3) is 3.40. The molecule has 0 radical (unpaired) electrons. The second-order valence-electron chi connectivity index (χ2n) is 5.69. The van der Waals surface area contributed by atoms with Crippen LogP contribution in [0.5, 0.6) is 0 Å². The van der Waals surface area contributed by atoms with Crippen LogP contribution in [0, 0.1) is 0 Å². The van der Waals surface area contributed by atoms with E-state index in [0.29, 0.717) is 6.54 Å². The summed E-state index contributed by atoms with van der Waals surface area (Å²) in [6, 6.07) is 14.0. The van der Waals surface area contributed by atoms with Crippen LogP contribution >= 0.6 is 0 Å². The van der Waals surface area contributed by atoms with Crippen molar-refractivity contribution in [3.63, 3.8) is 0 Å². The first-order valence-corrected chi connectivity index (χ1v) is 9.22. The maximum absolute atomic E-state index is 10.9. The Morgan fingerprint density at radius 3 is 2.50 bits per heavy atom. The van der Waals surface area contributed by atoms with Gasteiger partial charge in [0.25, 0.3) is 0 Å². The van der Waals surface area contributed by atoms with Crippen molar-refractivity contribution in [2.45, 2.75) is 25.5 Å². The van der Waals surface area contributed by atoms with E-state index in [1.165, 1.54) is 5.56 Å². The molecule has 0 fully saturated rings. The average Bonchev–Trinajstić information content (AvgIpc) is 2.93. The Bertz CT molecular complexity index is 872. The number of nitrogens with zero attached hydrogens (tertiary/aromatic N) is 2. The van der Waals surface area contributed by atoms with Crippen molar-refractivity contribution in [3.05, 3.63) is 59.4 Å². The molecular formula is C18H20N3O2S-. The van der Waals surface area contributed by atoms with Crippen molar-refractivity contribution >= 4 is 22.1 Å². The van der Waals surface area contributed by atoms with Crippen LogP contribution in [0.3, 0.4) is 0 Å². The molecule has 1 unspecified atom stereocenters. The molecule has 0 saturated heterocycles. The van der Waals surface area contributed by atoms with Crippen LogP contribution in [0.25, 0.3) is 16.7 Å². The Hall–Kier alpha value is -2.02. The molecule has 126 valence electrons. The summed E-state index contributed by atoms with van der Waals surface area (Å²) in [5, 5.41) is 0. The van der Waals surface area contributed by atoms with Crippen molar-refractivity contribution in [1.29, 1.82) is 0 Å². The monoisotopic (exact) mass is 342 g/mol.